The van der Waals surface area contributed by atoms with Gasteiger partial charge in [-0.15, -0.1) is 0 Å². The van der Waals surface area contributed by atoms with Gasteiger partial charge in [-0.3, -0.25) is 5.10 Å². The number of alkyl halides is 3. The van der Waals surface area contributed by atoms with Gasteiger partial charge in [-0.2, -0.15) is 18.3 Å². The van der Waals surface area contributed by atoms with Crippen molar-refractivity contribution in [2.24, 2.45) is 0 Å². The molecule has 0 aliphatic heterocycles. The number of nitrogens with one attached hydrogen (secondary N) is 1. The van der Waals surface area contributed by atoms with Crippen LogP contribution >= 0.6 is 0 Å². The maximum absolute atomic E-state index is 9.67. The molecule has 0 unspecified atom stereocenters. The Morgan fingerprint density at radius 1 is 0.842 bits per heavy atom. The average Bonchev–Trinajstić information content (AvgIpc) is 2.83. The molecule has 2 nitrogen and oxygen atoms in total. The minimum Gasteiger partial charge on any atom is -0.277 e. The van der Waals surface area contributed by atoms with E-state index in [1.807, 2.05) is 36.4 Å². The summed E-state index contributed by atoms with van der Waals surface area (Å²) in [5.41, 5.74) is 3.25. The second-order valence-corrected chi connectivity index (χ2v) is 3.73. The number of H-pyrrole nitrogens is 1. The number of rotatable bonds is 1. The fourth-order valence-electron chi connectivity index (χ4n) is 1.78. The summed E-state index contributed by atoms with van der Waals surface area (Å²) in [6, 6.07) is 18.4. The summed E-state index contributed by atoms with van der Waals surface area (Å²) in [6.45, 7) is -3.67. The van der Waals surface area contributed by atoms with Crippen LogP contribution in [0.15, 0.2) is 54.6 Å². The lowest BCUT2D eigenvalue weighted by Gasteiger charge is -1.95. The van der Waals surface area contributed by atoms with Crippen molar-refractivity contribution in [1.29, 1.82) is 0 Å². The third kappa shape index (κ3) is 3.34. The van der Waals surface area contributed by atoms with Crippen LogP contribution in [0.2, 0.25) is 0 Å². The smallest absolute Gasteiger partial charge is 0.277 e. The van der Waals surface area contributed by atoms with Gasteiger partial charge >= 0.3 is 6.68 Å². The second-order valence-electron chi connectivity index (χ2n) is 3.73. The van der Waals surface area contributed by atoms with Gasteiger partial charge in [0, 0.05) is 10.9 Å². The quantitative estimate of drug-likeness (QED) is 0.693. The molecular formula is C14H11F3N2. The Hall–Kier alpha value is -2.30. The summed E-state index contributed by atoms with van der Waals surface area (Å²) in [5.74, 6) is 0. The number of aromatic amines is 1. The number of hydrogen-bond donors (Lipinski definition) is 1. The Morgan fingerprint density at radius 3 is 2.11 bits per heavy atom. The lowest BCUT2D eigenvalue weighted by atomic mass is 10.1. The van der Waals surface area contributed by atoms with Crippen molar-refractivity contribution < 1.29 is 13.2 Å². The summed E-state index contributed by atoms with van der Waals surface area (Å²) < 4.78 is 29.0. The van der Waals surface area contributed by atoms with Gasteiger partial charge in [-0.05, 0) is 6.07 Å². The van der Waals surface area contributed by atoms with Crippen LogP contribution in [-0.4, -0.2) is 16.9 Å². The average molecular weight is 264 g/mol. The number of nitrogens with zero attached hydrogens (tertiary/aromatic N) is 1. The van der Waals surface area contributed by atoms with Gasteiger partial charge in [0.05, 0.1) is 11.2 Å². The van der Waals surface area contributed by atoms with Crippen LogP contribution in [0.1, 0.15) is 0 Å². The zero-order valence-corrected chi connectivity index (χ0v) is 9.85. The largest absolute Gasteiger partial charge is 0.379 e. The number of benzene rings is 2. The topological polar surface area (TPSA) is 28.7 Å². The molecule has 3 rings (SSSR count). The van der Waals surface area contributed by atoms with Gasteiger partial charge < -0.3 is 0 Å². The highest BCUT2D eigenvalue weighted by atomic mass is 19.4. The molecule has 1 heterocycles. The highest BCUT2D eigenvalue weighted by Gasteiger charge is 2.05. The Kier molecular flexibility index (Phi) is 4.18. The maximum atomic E-state index is 9.67. The van der Waals surface area contributed by atoms with E-state index in [-0.39, 0.29) is 0 Å². The van der Waals surface area contributed by atoms with E-state index in [4.69, 9.17) is 0 Å². The number of halogens is 3. The van der Waals surface area contributed by atoms with Crippen molar-refractivity contribution in [2.75, 3.05) is 0 Å². The molecule has 2 aromatic carbocycles. The molecule has 0 aliphatic rings. The van der Waals surface area contributed by atoms with Gasteiger partial charge in [0.2, 0.25) is 0 Å². The molecular weight excluding hydrogens is 253 g/mol. The van der Waals surface area contributed by atoms with Crippen LogP contribution < -0.4 is 0 Å². The first-order valence-electron chi connectivity index (χ1n) is 5.59. The van der Waals surface area contributed by atoms with E-state index < -0.39 is 6.68 Å². The SMILES string of the molecule is FC(F)F.c1ccc(-c2n[nH]c3ccccc23)cc1. The van der Waals surface area contributed by atoms with Crippen molar-refractivity contribution in [3.05, 3.63) is 54.6 Å². The molecule has 3 aromatic rings. The molecule has 0 saturated carbocycles. The van der Waals surface area contributed by atoms with Crippen molar-refractivity contribution in [2.45, 2.75) is 6.68 Å². The van der Waals surface area contributed by atoms with Crippen LogP contribution in [0.5, 0.6) is 0 Å². The molecule has 5 heteroatoms. The third-order valence-electron chi connectivity index (χ3n) is 2.52. The van der Waals surface area contributed by atoms with E-state index >= 15 is 0 Å². The third-order valence-corrected chi connectivity index (χ3v) is 2.52. The molecule has 1 N–H and O–H groups in total. The van der Waals surface area contributed by atoms with Crippen molar-refractivity contribution in [3.63, 3.8) is 0 Å². The first-order valence-corrected chi connectivity index (χ1v) is 5.59. The molecule has 0 saturated heterocycles. The number of fused-ring (bicyclic) bond motifs is 1. The normalized spacial score (nSPS) is 10.3. The fraction of sp³-hybridized carbons (Fsp3) is 0.0714. The minimum absolute atomic E-state index is 1.02. The van der Waals surface area contributed by atoms with Crippen LogP contribution in [0.25, 0.3) is 22.2 Å². The van der Waals surface area contributed by atoms with Gasteiger partial charge in [0.15, 0.2) is 0 Å². The fourth-order valence-corrected chi connectivity index (χ4v) is 1.78. The van der Waals surface area contributed by atoms with E-state index in [0.29, 0.717) is 0 Å². The molecule has 0 atom stereocenters. The van der Waals surface area contributed by atoms with Gasteiger partial charge in [0.25, 0.3) is 0 Å². The highest BCUT2D eigenvalue weighted by molar-refractivity contribution is 5.92. The van der Waals surface area contributed by atoms with Crippen LogP contribution in [0.4, 0.5) is 13.2 Å². The molecule has 0 bridgehead atoms. The first kappa shape index (κ1) is 13.1. The zero-order chi connectivity index (χ0) is 13.7. The lowest BCUT2D eigenvalue weighted by molar-refractivity contribution is 0.00819. The van der Waals surface area contributed by atoms with Gasteiger partial charge in [0.1, 0.15) is 0 Å². The van der Waals surface area contributed by atoms with E-state index in [2.05, 4.69) is 28.4 Å². The number of aromatic nitrogens is 2. The molecule has 0 aliphatic carbocycles. The minimum atomic E-state index is -3.67. The highest BCUT2D eigenvalue weighted by Crippen LogP contribution is 2.25. The van der Waals surface area contributed by atoms with Crippen LogP contribution in [0, 0.1) is 0 Å². The van der Waals surface area contributed by atoms with Crippen LogP contribution in [0.3, 0.4) is 0 Å². The Balaban J connectivity index is 0.000000297. The van der Waals surface area contributed by atoms with Crippen molar-refractivity contribution in [3.8, 4) is 11.3 Å². The summed E-state index contributed by atoms with van der Waals surface area (Å²) in [5, 5.41) is 8.55. The standard InChI is InChI=1S/C13H10N2.CHF3/c1-2-6-10(7-3-1)13-11-8-4-5-9-12(11)14-15-13;2-1(3)4/h1-9H,(H,14,15);1H. The summed E-state index contributed by atoms with van der Waals surface area (Å²) >= 11 is 0. The molecule has 1 aromatic heterocycles. The summed E-state index contributed by atoms with van der Waals surface area (Å²) in [6.07, 6.45) is 0. The molecule has 98 valence electrons. The molecule has 0 fully saturated rings. The predicted octanol–water partition coefficient (Wildman–Crippen LogP) is 4.41. The van der Waals surface area contributed by atoms with E-state index in [1.165, 1.54) is 5.39 Å². The zero-order valence-electron chi connectivity index (χ0n) is 9.85. The molecule has 0 radical (unpaired) electrons. The molecule has 0 spiro atoms. The molecule has 19 heavy (non-hydrogen) atoms. The maximum Gasteiger partial charge on any atom is 0.379 e. The van der Waals surface area contributed by atoms with Crippen molar-refractivity contribution >= 4 is 10.9 Å². The van der Waals surface area contributed by atoms with Crippen LogP contribution in [-0.2, 0) is 0 Å². The Bertz CT molecular complexity index is 632. The monoisotopic (exact) mass is 264 g/mol. The second kappa shape index (κ2) is 6.04. The predicted molar refractivity (Wildman–Crippen MR) is 68.6 cm³/mol. The Morgan fingerprint density at radius 2 is 1.42 bits per heavy atom. The number of hydrogen-bond acceptors (Lipinski definition) is 1. The summed E-state index contributed by atoms with van der Waals surface area (Å²) in [7, 11) is 0. The van der Waals surface area contributed by atoms with Crippen molar-refractivity contribution in [1.82, 2.24) is 10.2 Å². The van der Waals surface area contributed by atoms with Gasteiger partial charge in [-0.1, -0.05) is 48.5 Å². The van der Waals surface area contributed by atoms with E-state index in [1.54, 1.807) is 0 Å². The first-order chi connectivity index (χ1) is 9.18. The number of para-hydroxylation sites is 1. The Labute approximate surface area is 107 Å². The van der Waals surface area contributed by atoms with E-state index in [9.17, 15) is 13.2 Å². The molecule has 0 amide bonds. The lowest BCUT2D eigenvalue weighted by Crippen LogP contribution is -1.76. The van der Waals surface area contributed by atoms with Gasteiger partial charge in [-0.25, -0.2) is 0 Å². The van der Waals surface area contributed by atoms with E-state index in [0.717, 1.165) is 16.8 Å². The summed E-state index contributed by atoms with van der Waals surface area (Å²) in [4.78, 5) is 0.